The van der Waals surface area contributed by atoms with E-state index < -0.39 is 46.1 Å². The van der Waals surface area contributed by atoms with Crippen molar-refractivity contribution in [3.63, 3.8) is 0 Å². The van der Waals surface area contributed by atoms with Crippen molar-refractivity contribution in [2.24, 2.45) is 0 Å². The number of alkyl halides is 3. The van der Waals surface area contributed by atoms with Crippen LogP contribution in [0.1, 0.15) is 22.8 Å². The van der Waals surface area contributed by atoms with Crippen LogP contribution >= 0.6 is 11.6 Å². The van der Waals surface area contributed by atoms with Crippen LogP contribution in [0.4, 0.5) is 33.5 Å². The number of fused-ring (bicyclic) bond motifs is 1. The first kappa shape index (κ1) is 20.8. The van der Waals surface area contributed by atoms with Crippen molar-refractivity contribution in [2.45, 2.75) is 13.1 Å². The van der Waals surface area contributed by atoms with E-state index in [9.17, 15) is 26.7 Å². The van der Waals surface area contributed by atoms with E-state index in [1.807, 2.05) is 0 Å². The maximum Gasteiger partial charge on any atom is 0.418 e. The lowest BCUT2D eigenvalue weighted by atomic mass is 10.0. The number of esters is 1. The van der Waals surface area contributed by atoms with Gasteiger partial charge in [0.2, 0.25) is 0 Å². The summed E-state index contributed by atoms with van der Waals surface area (Å²) in [5, 5.41) is 1.66. The van der Waals surface area contributed by atoms with Gasteiger partial charge < -0.3 is 10.1 Å². The van der Waals surface area contributed by atoms with Crippen molar-refractivity contribution in [1.82, 2.24) is 4.98 Å². The third-order valence-electron chi connectivity index (χ3n) is 3.89. The third-order valence-corrected chi connectivity index (χ3v) is 4.18. The Morgan fingerprint density at radius 3 is 2.52 bits per heavy atom. The van der Waals surface area contributed by atoms with Crippen LogP contribution in [0.5, 0.6) is 0 Å². The van der Waals surface area contributed by atoms with E-state index >= 15 is 0 Å². The molecule has 10 heteroatoms. The van der Waals surface area contributed by atoms with Crippen LogP contribution in [0.3, 0.4) is 0 Å². The van der Waals surface area contributed by atoms with Crippen LogP contribution in [-0.4, -0.2) is 17.6 Å². The number of ether oxygens (including phenoxy) is 1. The van der Waals surface area contributed by atoms with Gasteiger partial charge in [-0.05, 0) is 43.3 Å². The van der Waals surface area contributed by atoms with Crippen molar-refractivity contribution in [3.05, 3.63) is 64.2 Å². The van der Waals surface area contributed by atoms with Crippen molar-refractivity contribution in [3.8, 4) is 0 Å². The SMILES string of the molecule is CCOC(=O)c1c(Nc2ccc(F)c(Cl)c2)nc2ccc(F)cc2c1C(F)(F)F. The Morgan fingerprint density at radius 1 is 1.17 bits per heavy atom. The molecule has 0 aliphatic carbocycles. The second-order valence-electron chi connectivity index (χ2n) is 5.84. The van der Waals surface area contributed by atoms with Gasteiger partial charge in [-0.15, -0.1) is 0 Å². The monoisotopic (exact) mass is 430 g/mol. The molecule has 0 spiro atoms. The fraction of sp³-hybridized carbons (Fsp3) is 0.158. The van der Waals surface area contributed by atoms with E-state index in [0.29, 0.717) is 6.07 Å². The summed E-state index contributed by atoms with van der Waals surface area (Å²) in [5.74, 6) is -3.45. The molecule has 29 heavy (non-hydrogen) atoms. The van der Waals surface area contributed by atoms with Gasteiger partial charge in [-0.1, -0.05) is 11.6 Å². The normalized spacial score (nSPS) is 11.6. The summed E-state index contributed by atoms with van der Waals surface area (Å²) < 4.78 is 73.5. The fourth-order valence-corrected chi connectivity index (χ4v) is 2.91. The molecule has 0 aliphatic rings. The van der Waals surface area contributed by atoms with E-state index in [4.69, 9.17) is 16.3 Å². The Labute approximate surface area is 166 Å². The van der Waals surface area contributed by atoms with Crippen LogP contribution in [-0.2, 0) is 10.9 Å². The second kappa shape index (κ2) is 7.82. The molecule has 0 atom stereocenters. The molecule has 3 rings (SSSR count). The summed E-state index contributed by atoms with van der Waals surface area (Å²) in [6.45, 7) is 1.23. The summed E-state index contributed by atoms with van der Waals surface area (Å²) in [5.41, 5.74) is -2.43. The number of anilines is 2. The molecule has 0 radical (unpaired) electrons. The Morgan fingerprint density at radius 2 is 1.90 bits per heavy atom. The molecule has 3 aromatic rings. The number of hydrogen-bond donors (Lipinski definition) is 1. The number of nitrogens with zero attached hydrogens (tertiary/aromatic N) is 1. The van der Waals surface area contributed by atoms with Gasteiger partial charge in [0, 0.05) is 11.1 Å². The zero-order valence-electron chi connectivity index (χ0n) is 14.7. The number of hydrogen-bond acceptors (Lipinski definition) is 4. The van der Waals surface area contributed by atoms with Crippen molar-refractivity contribution in [2.75, 3.05) is 11.9 Å². The lowest BCUT2D eigenvalue weighted by Gasteiger charge is -2.19. The van der Waals surface area contributed by atoms with E-state index in [2.05, 4.69) is 10.3 Å². The zero-order chi connectivity index (χ0) is 21.3. The van der Waals surface area contributed by atoms with Crippen LogP contribution in [0.25, 0.3) is 10.9 Å². The highest BCUT2D eigenvalue weighted by Gasteiger charge is 2.40. The molecule has 2 aromatic carbocycles. The smallest absolute Gasteiger partial charge is 0.418 e. The van der Waals surface area contributed by atoms with Crippen LogP contribution in [0.15, 0.2) is 36.4 Å². The largest absolute Gasteiger partial charge is 0.462 e. The highest BCUT2D eigenvalue weighted by atomic mass is 35.5. The minimum atomic E-state index is -5.02. The van der Waals surface area contributed by atoms with Gasteiger partial charge >= 0.3 is 12.1 Å². The molecule has 0 unspecified atom stereocenters. The number of carbonyl (C=O) groups is 1. The quantitative estimate of drug-likeness (QED) is 0.401. The molecule has 1 aromatic heterocycles. The first-order chi connectivity index (χ1) is 13.6. The van der Waals surface area contributed by atoms with Crippen LogP contribution < -0.4 is 5.32 Å². The predicted octanol–water partition coefficient (Wildman–Crippen LogP) is 6.11. The highest BCUT2D eigenvalue weighted by Crippen LogP contribution is 2.41. The van der Waals surface area contributed by atoms with E-state index in [0.717, 1.165) is 24.3 Å². The van der Waals surface area contributed by atoms with Gasteiger partial charge in [0.25, 0.3) is 0 Å². The summed E-state index contributed by atoms with van der Waals surface area (Å²) >= 11 is 5.70. The van der Waals surface area contributed by atoms with Crippen molar-refractivity contribution in [1.29, 1.82) is 0 Å². The molecule has 0 saturated carbocycles. The average Bonchev–Trinajstić information content (AvgIpc) is 2.63. The molecule has 4 nitrogen and oxygen atoms in total. The molecule has 1 N–H and O–H groups in total. The molecule has 0 bridgehead atoms. The van der Waals surface area contributed by atoms with E-state index in [1.54, 1.807) is 0 Å². The predicted molar refractivity (Wildman–Crippen MR) is 97.4 cm³/mol. The molecule has 0 amide bonds. The zero-order valence-corrected chi connectivity index (χ0v) is 15.5. The van der Waals surface area contributed by atoms with Gasteiger partial charge in [-0.2, -0.15) is 13.2 Å². The Balaban J connectivity index is 2.32. The van der Waals surface area contributed by atoms with Gasteiger partial charge in [0.1, 0.15) is 23.0 Å². The minimum absolute atomic E-state index is 0.0871. The number of halogens is 6. The molecule has 152 valence electrons. The number of nitrogens with one attached hydrogen (secondary N) is 1. The molecule has 0 saturated heterocycles. The van der Waals surface area contributed by atoms with E-state index in [-0.39, 0.29) is 22.8 Å². The maximum atomic E-state index is 13.9. The molecule has 0 fully saturated rings. The lowest BCUT2D eigenvalue weighted by Crippen LogP contribution is -2.19. The Bertz CT molecular complexity index is 1100. The number of rotatable bonds is 4. The number of aromatic nitrogens is 1. The summed E-state index contributed by atoms with van der Waals surface area (Å²) in [6, 6.07) is 5.97. The second-order valence-corrected chi connectivity index (χ2v) is 6.25. The Kier molecular flexibility index (Phi) is 5.61. The number of pyridine rings is 1. The van der Waals surface area contributed by atoms with Crippen LogP contribution in [0, 0.1) is 11.6 Å². The molecular formula is C19H12ClF5N2O2. The van der Waals surface area contributed by atoms with Gasteiger partial charge in [-0.3, -0.25) is 0 Å². The number of carbonyl (C=O) groups excluding carboxylic acids is 1. The van der Waals surface area contributed by atoms with Gasteiger partial charge in [-0.25, -0.2) is 18.6 Å². The van der Waals surface area contributed by atoms with Gasteiger partial charge in [0.15, 0.2) is 0 Å². The molecule has 0 aliphatic heterocycles. The molecular weight excluding hydrogens is 419 g/mol. The topological polar surface area (TPSA) is 51.2 Å². The van der Waals surface area contributed by atoms with Gasteiger partial charge in [0.05, 0.1) is 22.7 Å². The van der Waals surface area contributed by atoms with Crippen LogP contribution in [0.2, 0.25) is 5.02 Å². The summed E-state index contributed by atoms with van der Waals surface area (Å²) in [4.78, 5) is 16.4. The summed E-state index contributed by atoms with van der Waals surface area (Å²) in [7, 11) is 0. The third kappa shape index (κ3) is 4.24. The first-order valence-electron chi connectivity index (χ1n) is 8.21. The lowest BCUT2D eigenvalue weighted by molar-refractivity contribution is -0.136. The molecule has 1 heterocycles. The van der Waals surface area contributed by atoms with Crippen molar-refractivity contribution < 1.29 is 31.5 Å². The highest BCUT2D eigenvalue weighted by molar-refractivity contribution is 6.31. The average molecular weight is 431 g/mol. The minimum Gasteiger partial charge on any atom is -0.462 e. The maximum absolute atomic E-state index is 13.9. The fourth-order valence-electron chi connectivity index (χ4n) is 2.73. The summed E-state index contributed by atoms with van der Waals surface area (Å²) in [6.07, 6.45) is -5.02. The van der Waals surface area contributed by atoms with E-state index in [1.165, 1.54) is 13.0 Å². The first-order valence-corrected chi connectivity index (χ1v) is 8.59. The van der Waals surface area contributed by atoms with Crippen molar-refractivity contribution >= 4 is 40.0 Å². The number of benzene rings is 2. The Hall–Kier alpha value is -2.94. The standard InChI is InChI=1S/C19H12ClF5N2O2/c1-2-29-18(28)15-16(19(23,24)25)11-7-9(21)3-6-14(11)27-17(15)26-10-4-5-13(22)12(20)8-10/h3-8H,2H2,1H3,(H,26,27).